The third-order valence-electron chi connectivity index (χ3n) is 6.61. The Morgan fingerprint density at radius 2 is 2.15 bits per heavy atom. The van der Waals surface area contributed by atoms with Crippen molar-refractivity contribution in [2.45, 2.75) is 88.7 Å². The minimum absolute atomic E-state index is 0.0205. The Kier molecular flexibility index (Phi) is 6.55. The van der Waals surface area contributed by atoms with Crippen LogP contribution in [0.15, 0.2) is 17.1 Å². The van der Waals surface area contributed by atoms with Crippen LogP contribution in [0.25, 0.3) is 0 Å². The van der Waals surface area contributed by atoms with Gasteiger partial charge in [-0.05, 0) is 52.5 Å². The van der Waals surface area contributed by atoms with E-state index in [9.17, 15) is 9.90 Å². The van der Waals surface area contributed by atoms with Crippen LogP contribution in [0.3, 0.4) is 0 Å². The molecule has 7 atom stereocenters. The highest BCUT2D eigenvalue weighted by Crippen LogP contribution is 2.70. The van der Waals surface area contributed by atoms with Crippen molar-refractivity contribution in [1.82, 2.24) is 14.2 Å². The summed E-state index contributed by atoms with van der Waals surface area (Å²) in [6, 6.07) is 3.48. The first-order valence-electron chi connectivity index (χ1n) is 11.2. The van der Waals surface area contributed by atoms with Crippen molar-refractivity contribution in [1.29, 1.82) is 5.26 Å². The molecule has 1 unspecified atom stereocenters. The second-order valence-corrected chi connectivity index (χ2v) is 10.9. The van der Waals surface area contributed by atoms with Crippen molar-refractivity contribution in [2.75, 3.05) is 12.3 Å². The number of nitrogen functional groups attached to an aromatic ring is 1. The number of nitrogens with zero attached hydrogens (tertiary/aromatic N) is 4. The van der Waals surface area contributed by atoms with Crippen LogP contribution >= 0.6 is 8.53 Å². The summed E-state index contributed by atoms with van der Waals surface area (Å²) >= 11 is 0. The maximum absolute atomic E-state index is 16.2. The van der Waals surface area contributed by atoms with Crippen LogP contribution in [-0.4, -0.2) is 61.5 Å². The summed E-state index contributed by atoms with van der Waals surface area (Å²) < 4.78 is 37.8. The van der Waals surface area contributed by atoms with E-state index in [0.717, 1.165) is 4.57 Å². The van der Waals surface area contributed by atoms with Gasteiger partial charge in [-0.25, -0.2) is 13.9 Å². The number of hydrogen-bond acceptors (Lipinski definition) is 9. The standard InChI is InChI=1S/C21H31FN5O5P/c1-12(2)27(13(3)4)33(30-9-5-7-23)32-21-11-14-10-20(14,29)18(21)31-17(16(21)22)26-8-6-15(24)25-19(26)28/h6,8,12-14,16-18,29H,5,9-11H2,1-4H3,(H2,24,25,28)/t14-,16+,17+,18+,20+,21-,33?/m0/s1. The minimum Gasteiger partial charge on any atom is -0.387 e. The second-order valence-electron chi connectivity index (χ2n) is 9.54. The monoisotopic (exact) mass is 483 g/mol. The van der Waals surface area contributed by atoms with Crippen LogP contribution in [0, 0.1) is 17.2 Å². The van der Waals surface area contributed by atoms with Gasteiger partial charge in [-0.15, -0.1) is 0 Å². The summed E-state index contributed by atoms with van der Waals surface area (Å²) in [4.78, 5) is 16.1. The summed E-state index contributed by atoms with van der Waals surface area (Å²) in [5.74, 6) is -0.124. The van der Waals surface area contributed by atoms with Crippen LogP contribution in [0.2, 0.25) is 0 Å². The van der Waals surface area contributed by atoms with E-state index in [1.54, 1.807) is 0 Å². The fourth-order valence-corrected chi connectivity index (χ4v) is 6.99. The highest BCUT2D eigenvalue weighted by atomic mass is 31.2. The van der Waals surface area contributed by atoms with Crippen LogP contribution in [0.1, 0.15) is 53.2 Å². The molecule has 10 nitrogen and oxygen atoms in total. The van der Waals surface area contributed by atoms with E-state index < -0.39 is 43.9 Å². The normalized spacial score (nSPS) is 35.6. The van der Waals surface area contributed by atoms with Gasteiger partial charge >= 0.3 is 5.69 Å². The smallest absolute Gasteiger partial charge is 0.351 e. The molecule has 1 aromatic heterocycles. The third kappa shape index (κ3) is 4.07. The van der Waals surface area contributed by atoms with E-state index in [-0.39, 0.29) is 43.3 Å². The highest BCUT2D eigenvalue weighted by molar-refractivity contribution is 7.44. The molecule has 1 saturated heterocycles. The van der Waals surface area contributed by atoms with Crippen LogP contribution in [-0.2, 0) is 13.8 Å². The molecule has 0 aromatic carbocycles. The molecular formula is C21H31FN5O5P. The molecule has 0 spiro atoms. The average molecular weight is 483 g/mol. The number of nitrogens with two attached hydrogens (primary N) is 1. The van der Waals surface area contributed by atoms with Gasteiger partial charge in [0.25, 0.3) is 8.53 Å². The van der Waals surface area contributed by atoms with Gasteiger partial charge in [-0.1, -0.05) is 0 Å². The van der Waals surface area contributed by atoms with Gasteiger partial charge < -0.3 is 24.6 Å². The molecule has 182 valence electrons. The summed E-state index contributed by atoms with van der Waals surface area (Å²) in [6.45, 7) is 8.09. The minimum atomic E-state index is -1.79. The first-order chi connectivity index (χ1) is 15.5. The molecule has 1 aliphatic heterocycles. The van der Waals surface area contributed by atoms with Crippen LogP contribution < -0.4 is 11.4 Å². The number of nitriles is 1. The lowest BCUT2D eigenvalue weighted by atomic mass is 9.91. The van der Waals surface area contributed by atoms with Gasteiger partial charge in [-0.3, -0.25) is 4.57 Å². The van der Waals surface area contributed by atoms with Gasteiger partial charge in [0.2, 0.25) is 0 Å². The van der Waals surface area contributed by atoms with E-state index in [1.165, 1.54) is 12.3 Å². The van der Waals surface area contributed by atoms with Crippen molar-refractivity contribution in [2.24, 2.45) is 5.92 Å². The third-order valence-corrected chi connectivity index (χ3v) is 8.81. The van der Waals surface area contributed by atoms with Gasteiger partial charge in [-0.2, -0.15) is 10.2 Å². The number of fused-ring (bicyclic) bond motifs is 3. The second kappa shape index (κ2) is 8.84. The Morgan fingerprint density at radius 3 is 2.76 bits per heavy atom. The zero-order chi connectivity index (χ0) is 24.1. The number of rotatable bonds is 9. The first-order valence-corrected chi connectivity index (χ1v) is 12.3. The van der Waals surface area contributed by atoms with E-state index >= 15 is 4.39 Å². The average Bonchev–Trinajstić information content (AvgIpc) is 3.18. The number of hydrogen-bond donors (Lipinski definition) is 2. The Balaban J connectivity index is 1.69. The molecule has 0 radical (unpaired) electrons. The molecule has 1 aromatic rings. The van der Waals surface area contributed by atoms with Crippen LogP contribution in [0.4, 0.5) is 10.2 Å². The van der Waals surface area contributed by atoms with Crippen molar-refractivity contribution in [3.8, 4) is 6.07 Å². The maximum Gasteiger partial charge on any atom is 0.351 e. The lowest BCUT2D eigenvalue weighted by Gasteiger charge is -2.42. The van der Waals surface area contributed by atoms with E-state index in [4.69, 9.17) is 24.8 Å². The van der Waals surface area contributed by atoms with Gasteiger partial charge in [0.05, 0.1) is 24.7 Å². The van der Waals surface area contributed by atoms with E-state index in [1.807, 2.05) is 38.4 Å². The largest absolute Gasteiger partial charge is 0.387 e. The summed E-state index contributed by atoms with van der Waals surface area (Å²) in [5, 5.41) is 20.1. The number of alkyl halides is 1. The molecule has 4 rings (SSSR count). The lowest BCUT2D eigenvalue weighted by Crippen LogP contribution is -2.50. The molecule has 0 bridgehead atoms. The topological polar surface area (TPSA) is 136 Å². The van der Waals surface area contributed by atoms with E-state index in [2.05, 4.69) is 4.98 Å². The predicted octanol–water partition coefficient (Wildman–Crippen LogP) is 2.25. The molecule has 2 heterocycles. The van der Waals surface area contributed by atoms with Gasteiger partial charge in [0.15, 0.2) is 12.4 Å². The molecule has 3 N–H and O–H groups in total. The van der Waals surface area contributed by atoms with Crippen molar-refractivity contribution < 1.29 is 23.3 Å². The SMILES string of the molecule is CC(C)N(C(C)C)P(OCCC#N)O[C@]12C[C@@H]3C[C@]3(O)[C@H]1O[C@@H](n1ccc(N)nc1=O)[C@H]2F. The van der Waals surface area contributed by atoms with Crippen LogP contribution in [0.5, 0.6) is 0 Å². The lowest BCUT2D eigenvalue weighted by molar-refractivity contribution is -0.103. The highest BCUT2D eigenvalue weighted by Gasteiger charge is 2.80. The fraction of sp³-hybridized carbons (Fsp3) is 0.762. The Labute approximate surface area is 193 Å². The number of halogens is 1. The summed E-state index contributed by atoms with van der Waals surface area (Å²) in [6.07, 6.45) is -1.80. The maximum atomic E-state index is 16.2. The zero-order valence-electron chi connectivity index (χ0n) is 19.2. The zero-order valence-corrected chi connectivity index (χ0v) is 20.1. The van der Waals surface area contributed by atoms with Gasteiger partial charge in [0, 0.05) is 18.3 Å². The molecule has 12 heteroatoms. The molecule has 2 aliphatic carbocycles. The Hall–Kier alpha value is -1.67. The van der Waals surface area contributed by atoms with Gasteiger partial charge in [0.1, 0.15) is 17.5 Å². The number of aliphatic hydroxyl groups is 1. The van der Waals surface area contributed by atoms with E-state index in [0.29, 0.717) is 6.42 Å². The predicted molar refractivity (Wildman–Crippen MR) is 118 cm³/mol. The number of aromatic nitrogens is 2. The molecular weight excluding hydrogens is 452 g/mol. The van der Waals surface area contributed by atoms with Crippen molar-refractivity contribution >= 4 is 14.3 Å². The molecule has 3 fully saturated rings. The summed E-state index contributed by atoms with van der Waals surface area (Å²) in [7, 11) is -1.79. The Morgan fingerprint density at radius 1 is 1.45 bits per heavy atom. The molecule has 2 saturated carbocycles. The number of anilines is 1. The summed E-state index contributed by atoms with van der Waals surface area (Å²) in [5.41, 5.74) is 2.13. The number of ether oxygens (including phenoxy) is 1. The quantitative estimate of drug-likeness (QED) is 0.400. The van der Waals surface area contributed by atoms with Crippen molar-refractivity contribution in [3.63, 3.8) is 0 Å². The first kappa shape index (κ1) is 24.5. The molecule has 0 amide bonds. The van der Waals surface area contributed by atoms with Crippen molar-refractivity contribution in [3.05, 3.63) is 22.7 Å². The molecule has 33 heavy (non-hydrogen) atoms. The fourth-order valence-electron chi connectivity index (χ4n) is 5.15. The Bertz CT molecular complexity index is 981. The molecule has 3 aliphatic rings.